The summed E-state index contributed by atoms with van der Waals surface area (Å²) in [5, 5.41) is 3.08. The van der Waals surface area contributed by atoms with Gasteiger partial charge in [0, 0.05) is 18.7 Å². The van der Waals surface area contributed by atoms with E-state index in [4.69, 9.17) is 0 Å². The molecule has 2 aromatic carbocycles. The minimum Gasteiger partial charge on any atom is -0.306 e. The number of rotatable bonds is 6. The third kappa shape index (κ3) is 4.34. The van der Waals surface area contributed by atoms with E-state index < -0.39 is 21.7 Å². The van der Waals surface area contributed by atoms with Gasteiger partial charge in [0.05, 0.1) is 4.90 Å². The van der Waals surface area contributed by atoms with Crippen LogP contribution in [0.25, 0.3) is 0 Å². The van der Waals surface area contributed by atoms with Crippen LogP contribution in [0.2, 0.25) is 0 Å². The van der Waals surface area contributed by atoms with Gasteiger partial charge in [-0.05, 0) is 43.3 Å². The average Bonchev–Trinajstić information content (AvgIpc) is 2.52. The van der Waals surface area contributed by atoms with Gasteiger partial charge in [0.25, 0.3) is 0 Å². The fraction of sp³-hybridized carbons (Fsp3) is 0.250. The Morgan fingerprint density at radius 1 is 1.09 bits per heavy atom. The summed E-state index contributed by atoms with van der Waals surface area (Å²) in [5.41, 5.74) is 1.03. The summed E-state index contributed by atoms with van der Waals surface area (Å²) < 4.78 is 52.8. The molecule has 2 N–H and O–H groups in total. The van der Waals surface area contributed by atoms with E-state index in [0.717, 1.165) is 6.07 Å². The van der Waals surface area contributed by atoms with Gasteiger partial charge >= 0.3 is 0 Å². The van der Waals surface area contributed by atoms with Gasteiger partial charge in [-0.3, -0.25) is 0 Å². The van der Waals surface area contributed by atoms with Crippen LogP contribution < -0.4 is 10.0 Å². The number of nitrogens with one attached hydrogen (secondary N) is 2. The molecule has 0 aromatic heterocycles. The second-order valence-electron chi connectivity index (χ2n) is 5.12. The molecular formula is C16H18F2N2O2S. The molecule has 0 unspecified atom stereocenters. The number of hydrogen-bond donors (Lipinski definition) is 2. The molecule has 0 spiro atoms. The van der Waals surface area contributed by atoms with Gasteiger partial charge in [0.1, 0.15) is 11.6 Å². The standard InChI is InChI=1S/C16H18F2N2O2S/c1-11(13-7-14(17)9-15(18)8-13)20-10-12-5-3-4-6-16(12)23(21,22)19-2/h3-9,11,19-20H,10H2,1-2H3/t11-/m0/s1. The van der Waals surface area contributed by atoms with Crippen LogP contribution in [0, 0.1) is 11.6 Å². The molecule has 0 saturated heterocycles. The topological polar surface area (TPSA) is 58.2 Å². The predicted octanol–water partition coefficient (Wildman–Crippen LogP) is 2.72. The number of sulfonamides is 1. The Bertz CT molecular complexity index is 774. The first-order valence-electron chi connectivity index (χ1n) is 7.04. The lowest BCUT2D eigenvalue weighted by atomic mass is 10.1. The monoisotopic (exact) mass is 340 g/mol. The predicted molar refractivity (Wildman–Crippen MR) is 84.3 cm³/mol. The van der Waals surface area contributed by atoms with E-state index in [0.29, 0.717) is 11.1 Å². The maximum Gasteiger partial charge on any atom is 0.240 e. The number of benzene rings is 2. The van der Waals surface area contributed by atoms with Crippen molar-refractivity contribution in [3.05, 3.63) is 65.2 Å². The van der Waals surface area contributed by atoms with Crippen LogP contribution >= 0.6 is 0 Å². The van der Waals surface area contributed by atoms with E-state index in [-0.39, 0.29) is 17.5 Å². The van der Waals surface area contributed by atoms with Gasteiger partial charge in [0.15, 0.2) is 0 Å². The Balaban J connectivity index is 2.18. The van der Waals surface area contributed by atoms with Crippen molar-refractivity contribution in [2.45, 2.75) is 24.4 Å². The smallest absolute Gasteiger partial charge is 0.240 e. The highest BCUT2D eigenvalue weighted by Gasteiger charge is 2.16. The zero-order valence-corrected chi connectivity index (χ0v) is 13.6. The molecule has 2 aromatic rings. The first-order valence-corrected chi connectivity index (χ1v) is 8.52. The molecule has 23 heavy (non-hydrogen) atoms. The van der Waals surface area contributed by atoms with Crippen LogP contribution in [-0.4, -0.2) is 15.5 Å². The van der Waals surface area contributed by atoms with Gasteiger partial charge in [-0.1, -0.05) is 18.2 Å². The summed E-state index contributed by atoms with van der Waals surface area (Å²) in [6, 6.07) is 9.53. The summed E-state index contributed by atoms with van der Waals surface area (Å²) in [7, 11) is -2.22. The molecule has 0 radical (unpaired) electrons. The average molecular weight is 340 g/mol. The quantitative estimate of drug-likeness (QED) is 0.850. The fourth-order valence-electron chi connectivity index (χ4n) is 2.23. The van der Waals surface area contributed by atoms with Crippen molar-refractivity contribution >= 4 is 10.0 Å². The minimum absolute atomic E-state index is 0.174. The molecule has 0 aliphatic carbocycles. The van der Waals surface area contributed by atoms with Gasteiger partial charge < -0.3 is 5.32 Å². The molecule has 4 nitrogen and oxygen atoms in total. The van der Waals surface area contributed by atoms with Crippen molar-refractivity contribution < 1.29 is 17.2 Å². The van der Waals surface area contributed by atoms with Crippen LogP contribution in [0.15, 0.2) is 47.4 Å². The Kier molecular flexibility index (Phi) is 5.46. The lowest BCUT2D eigenvalue weighted by Crippen LogP contribution is -2.23. The van der Waals surface area contributed by atoms with Gasteiger partial charge in [-0.2, -0.15) is 0 Å². The van der Waals surface area contributed by atoms with Crippen LogP contribution in [-0.2, 0) is 16.6 Å². The maximum atomic E-state index is 13.3. The van der Waals surface area contributed by atoms with E-state index >= 15 is 0 Å². The molecule has 0 saturated carbocycles. The van der Waals surface area contributed by atoms with E-state index in [2.05, 4.69) is 10.0 Å². The van der Waals surface area contributed by atoms with Crippen molar-refractivity contribution in [2.75, 3.05) is 7.05 Å². The highest BCUT2D eigenvalue weighted by Crippen LogP contribution is 2.19. The van der Waals surface area contributed by atoms with Crippen molar-refractivity contribution in [3.63, 3.8) is 0 Å². The first kappa shape index (κ1) is 17.5. The third-order valence-electron chi connectivity index (χ3n) is 3.51. The van der Waals surface area contributed by atoms with Crippen LogP contribution in [0.5, 0.6) is 0 Å². The fourth-order valence-corrected chi connectivity index (χ4v) is 3.19. The van der Waals surface area contributed by atoms with Crippen molar-refractivity contribution in [1.29, 1.82) is 0 Å². The second kappa shape index (κ2) is 7.16. The van der Waals surface area contributed by atoms with Gasteiger partial charge in [0.2, 0.25) is 10.0 Å². The largest absolute Gasteiger partial charge is 0.306 e. The molecule has 7 heteroatoms. The lowest BCUT2D eigenvalue weighted by Gasteiger charge is -2.16. The Labute approximate surface area is 134 Å². The van der Waals surface area contributed by atoms with Crippen LogP contribution in [0.1, 0.15) is 24.1 Å². The molecule has 0 amide bonds. The number of halogens is 2. The number of hydrogen-bond acceptors (Lipinski definition) is 3. The summed E-state index contributed by atoms with van der Waals surface area (Å²) in [6.07, 6.45) is 0. The molecule has 0 bridgehead atoms. The molecule has 0 heterocycles. The highest BCUT2D eigenvalue weighted by molar-refractivity contribution is 7.89. The van der Waals surface area contributed by atoms with E-state index in [9.17, 15) is 17.2 Å². The molecule has 124 valence electrons. The van der Waals surface area contributed by atoms with Crippen molar-refractivity contribution in [2.24, 2.45) is 0 Å². The molecule has 0 aliphatic heterocycles. The van der Waals surface area contributed by atoms with E-state index in [1.807, 2.05) is 0 Å². The summed E-state index contributed by atoms with van der Waals surface area (Å²) in [5.74, 6) is -1.29. The minimum atomic E-state index is -3.56. The summed E-state index contributed by atoms with van der Waals surface area (Å²) >= 11 is 0. The Morgan fingerprint density at radius 3 is 2.30 bits per heavy atom. The first-order chi connectivity index (χ1) is 10.8. The normalized spacial score (nSPS) is 13.0. The van der Waals surface area contributed by atoms with Crippen LogP contribution in [0.3, 0.4) is 0 Å². The van der Waals surface area contributed by atoms with Crippen molar-refractivity contribution in [3.8, 4) is 0 Å². The maximum absolute atomic E-state index is 13.3. The highest BCUT2D eigenvalue weighted by atomic mass is 32.2. The van der Waals surface area contributed by atoms with Gasteiger partial charge in [-0.25, -0.2) is 21.9 Å². The second-order valence-corrected chi connectivity index (χ2v) is 6.98. The molecule has 2 rings (SSSR count). The molecular weight excluding hydrogens is 322 g/mol. The zero-order valence-electron chi connectivity index (χ0n) is 12.8. The summed E-state index contributed by atoms with van der Waals surface area (Å²) in [6.45, 7) is 2.00. The van der Waals surface area contributed by atoms with Crippen LogP contribution in [0.4, 0.5) is 8.78 Å². The van der Waals surface area contributed by atoms with E-state index in [1.54, 1.807) is 25.1 Å². The third-order valence-corrected chi connectivity index (χ3v) is 5.03. The Hall–Kier alpha value is -1.83. The molecule has 0 fully saturated rings. The summed E-state index contributed by atoms with van der Waals surface area (Å²) in [4.78, 5) is 0.174. The lowest BCUT2D eigenvalue weighted by molar-refractivity contribution is 0.542. The van der Waals surface area contributed by atoms with Crippen molar-refractivity contribution in [1.82, 2.24) is 10.0 Å². The van der Waals surface area contributed by atoms with E-state index in [1.165, 1.54) is 25.2 Å². The zero-order chi connectivity index (χ0) is 17.0. The Morgan fingerprint density at radius 2 is 1.70 bits per heavy atom. The molecule has 0 aliphatic rings. The SMILES string of the molecule is CNS(=O)(=O)c1ccccc1CN[C@@H](C)c1cc(F)cc(F)c1. The van der Waals surface area contributed by atoms with Gasteiger partial charge in [-0.15, -0.1) is 0 Å². The molecule has 1 atom stereocenters.